The summed E-state index contributed by atoms with van der Waals surface area (Å²) in [6.07, 6.45) is 5.69. The Morgan fingerprint density at radius 2 is 2.25 bits per heavy atom. The van der Waals surface area contributed by atoms with Gasteiger partial charge in [0.25, 0.3) is 0 Å². The van der Waals surface area contributed by atoms with E-state index in [9.17, 15) is 4.79 Å². The van der Waals surface area contributed by atoms with Crippen molar-refractivity contribution < 1.29 is 9.53 Å². The molecule has 0 saturated heterocycles. The lowest BCUT2D eigenvalue weighted by Gasteiger charge is -2.22. The van der Waals surface area contributed by atoms with Gasteiger partial charge in [0, 0.05) is 5.56 Å². The highest BCUT2D eigenvalue weighted by atomic mass is 16.5. The van der Waals surface area contributed by atoms with Crippen molar-refractivity contribution >= 4 is 6.08 Å². The van der Waals surface area contributed by atoms with Crippen LogP contribution in [0.15, 0.2) is 23.2 Å². The summed E-state index contributed by atoms with van der Waals surface area (Å²) in [5.41, 5.74) is 2.01. The Bertz CT molecular complexity index is 471. The molecule has 1 fully saturated rings. The smallest absolute Gasteiger partial charge is 0.235 e. The molecule has 82 valence electrons. The number of carbonyl (C=O) groups excluding carboxylic acids is 1. The summed E-state index contributed by atoms with van der Waals surface area (Å²) in [7, 11) is 0. The summed E-state index contributed by atoms with van der Waals surface area (Å²) >= 11 is 0. The lowest BCUT2D eigenvalue weighted by Crippen LogP contribution is -2.14. The van der Waals surface area contributed by atoms with Crippen LogP contribution in [0.3, 0.4) is 0 Å². The number of para-hydroxylation sites is 1. The molecule has 3 rings (SSSR count). The topological polar surface area (TPSA) is 38.7 Å². The number of benzene rings is 1. The van der Waals surface area contributed by atoms with Crippen LogP contribution in [-0.2, 0) is 16.8 Å². The maximum absolute atomic E-state index is 10.5. The average molecular weight is 215 g/mol. The van der Waals surface area contributed by atoms with Crippen LogP contribution in [0.25, 0.3) is 0 Å². The standard InChI is InChI=1S/C13H13NO2/c15-9-14-13(6-7-13)11-5-1-3-10-4-2-8-16-12(10)11/h1,3,5H,2,4,6-8H2. The lowest BCUT2D eigenvalue weighted by molar-refractivity contribution is 0.283. The van der Waals surface area contributed by atoms with E-state index in [-0.39, 0.29) is 5.54 Å². The Labute approximate surface area is 94.1 Å². The molecule has 1 aliphatic carbocycles. The second kappa shape index (κ2) is 3.46. The van der Waals surface area contributed by atoms with Crippen molar-refractivity contribution in [2.45, 2.75) is 31.2 Å². The van der Waals surface area contributed by atoms with E-state index in [1.54, 1.807) is 6.08 Å². The van der Waals surface area contributed by atoms with Gasteiger partial charge >= 0.3 is 0 Å². The summed E-state index contributed by atoms with van der Waals surface area (Å²) in [4.78, 5) is 14.4. The van der Waals surface area contributed by atoms with E-state index in [0.29, 0.717) is 0 Å². The number of nitrogens with zero attached hydrogens (tertiary/aromatic N) is 1. The van der Waals surface area contributed by atoms with E-state index in [2.05, 4.69) is 11.1 Å². The zero-order valence-corrected chi connectivity index (χ0v) is 9.03. The molecule has 0 bridgehead atoms. The van der Waals surface area contributed by atoms with Gasteiger partial charge in [-0.1, -0.05) is 18.2 Å². The zero-order chi connectivity index (χ0) is 11.0. The fraction of sp³-hybridized carbons (Fsp3) is 0.462. The Morgan fingerprint density at radius 3 is 3.00 bits per heavy atom. The van der Waals surface area contributed by atoms with Gasteiger partial charge in [0.15, 0.2) is 0 Å². The van der Waals surface area contributed by atoms with Gasteiger partial charge < -0.3 is 4.74 Å². The number of hydrogen-bond donors (Lipinski definition) is 0. The van der Waals surface area contributed by atoms with Crippen molar-refractivity contribution in [1.29, 1.82) is 0 Å². The molecule has 1 heterocycles. The van der Waals surface area contributed by atoms with Crippen LogP contribution in [0.4, 0.5) is 0 Å². The fourth-order valence-corrected chi connectivity index (χ4v) is 2.40. The van der Waals surface area contributed by atoms with Crippen LogP contribution in [0, 0.1) is 0 Å². The molecule has 0 radical (unpaired) electrons. The molecule has 0 spiro atoms. The molecule has 3 nitrogen and oxygen atoms in total. The minimum Gasteiger partial charge on any atom is -0.493 e. The molecule has 1 aliphatic heterocycles. The number of rotatable bonds is 2. The van der Waals surface area contributed by atoms with Crippen LogP contribution in [0.2, 0.25) is 0 Å². The van der Waals surface area contributed by atoms with Crippen molar-refractivity contribution in [3.63, 3.8) is 0 Å². The quantitative estimate of drug-likeness (QED) is 0.561. The molecule has 0 aromatic heterocycles. The summed E-state index contributed by atoms with van der Waals surface area (Å²) in [6.45, 7) is 0.769. The Kier molecular flexibility index (Phi) is 2.08. The first-order valence-electron chi connectivity index (χ1n) is 5.70. The monoisotopic (exact) mass is 215 g/mol. The van der Waals surface area contributed by atoms with Gasteiger partial charge in [-0.15, -0.1) is 0 Å². The fourth-order valence-electron chi connectivity index (χ4n) is 2.40. The normalized spacial score (nSPS) is 20.2. The van der Waals surface area contributed by atoms with Crippen LogP contribution < -0.4 is 4.74 Å². The summed E-state index contributed by atoms with van der Waals surface area (Å²) < 4.78 is 5.74. The second-order valence-corrected chi connectivity index (χ2v) is 4.48. The molecule has 16 heavy (non-hydrogen) atoms. The molecular weight excluding hydrogens is 202 g/mol. The second-order valence-electron chi connectivity index (χ2n) is 4.48. The maximum Gasteiger partial charge on any atom is 0.235 e. The third-order valence-corrected chi connectivity index (χ3v) is 3.42. The Balaban J connectivity index is 2.11. The predicted octanol–water partition coefficient (Wildman–Crippen LogP) is 2.34. The molecule has 2 aliphatic rings. The van der Waals surface area contributed by atoms with Gasteiger partial charge in [-0.05, 0) is 31.2 Å². The third kappa shape index (κ3) is 1.36. The summed E-state index contributed by atoms with van der Waals surface area (Å²) in [5.74, 6) is 0.963. The minimum atomic E-state index is -0.315. The Morgan fingerprint density at radius 1 is 1.38 bits per heavy atom. The van der Waals surface area contributed by atoms with E-state index in [1.165, 1.54) is 5.56 Å². The molecule has 0 N–H and O–H groups in total. The first kappa shape index (κ1) is 9.61. The van der Waals surface area contributed by atoms with Crippen molar-refractivity contribution in [2.24, 2.45) is 4.99 Å². The SMILES string of the molecule is O=C=NC1(c2cccc3c2OCCC3)CC1. The number of ether oxygens (including phenoxy) is 1. The molecule has 1 aromatic rings. The van der Waals surface area contributed by atoms with E-state index in [0.717, 1.165) is 43.6 Å². The van der Waals surface area contributed by atoms with E-state index >= 15 is 0 Å². The van der Waals surface area contributed by atoms with Crippen molar-refractivity contribution in [2.75, 3.05) is 6.61 Å². The van der Waals surface area contributed by atoms with Gasteiger partial charge in [-0.2, -0.15) is 4.99 Å². The highest BCUT2D eigenvalue weighted by Crippen LogP contribution is 2.53. The zero-order valence-electron chi connectivity index (χ0n) is 9.03. The van der Waals surface area contributed by atoms with E-state index in [1.807, 2.05) is 12.1 Å². The summed E-state index contributed by atoms with van der Waals surface area (Å²) in [5, 5.41) is 0. The number of aliphatic imine (C=N–C) groups is 1. The minimum absolute atomic E-state index is 0.315. The van der Waals surface area contributed by atoms with Gasteiger partial charge in [-0.3, -0.25) is 0 Å². The molecule has 0 atom stereocenters. The highest BCUT2D eigenvalue weighted by Gasteiger charge is 2.47. The molecule has 1 aromatic carbocycles. The van der Waals surface area contributed by atoms with Crippen LogP contribution in [-0.4, -0.2) is 12.7 Å². The number of isocyanates is 1. The van der Waals surface area contributed by atoms with Crippen molar-refractivity contribution in [3.8, 4) is 5.75 Å². The average Bonchev–Trinajstić information content (AvgIpc) is 3.10. The lowest BCUT2D eigenvalue weighted by atomic mass is 9.97. The highest BCUT2D eigenvalue weighted by molar-refractivity contribution is 5.51. The van der Waals surface area contributed by atoms with E-state index < -0.39 is 0 Å². The number of aryl methyl sites for hydroxylation is 1. The largest absolute Gasteiger partial charge is 0.493 e. The number of hydrogen-bond acceptors (Lipinski definition) is 3. The van der Waals surface area contributed by atoms with Gasteiger partial charge in [0.2, 0.25) is 6.08 Å². The van der Waals surface area contributed by atoms with Gasteiger partial charge in [0.1, 0.15) is 11.3 Å². The predicted molar refractivity (Wildman–Crippen MR) is 59.3 cm³/mol. The van der Waals surface area contributed by atoms with Crippen molar-refractivity contribution in [3.05, 3.63) is 29.3 Å². The van der Waals surface area contributed by atoms with Crippen LogP contribution in [0.5, 0.6) is 5.75 Å². The van der Waals surface area contributed by atoms with Crippen LogP contribution in [0.1, 0.15) is 30.4 Å². The molecule has 1 saturated carbocycles. The first-order chi connectivity index (χ1) is 7.86. The maximum atomic E-state index is 10.5. The van der Waals surface area contributed by atoms with Crippen molar-refractivity contribution in [1.82, 2.24) is 0 Å². The Hall–Kier alpha value is -1.60. The molecular formula is C13H13NO2. The molecule has 0 unspecified atom stereocenters. The van der Waals surface area contributed by atoms with Crippen LogP contribution >= 0.6 is 0 Å². The molecule has 0 amide bonds. The third-order valence-electron chi connectivity index (χ3n) is 3.42. The van der Waals surface area contributed by atoms with E-state index in [4.69, 9.17) is 4.74 Å². The first-order valence-corrected chi connectivity index (χ1v) is 5.70. The summed E-state index contributed by atoms with van der Waals surface area (Å²) in [6, 6.07) is 6.15. The number of fused-ring (bicyclic) bond motifs is 1. The van der Waals surface area contributed by atoms with Gasteiger partial charge in [0.05, 0.1) is 6.61 Å². The van der Waals surface area contributed by atoms with Gasteiger partial charge in [-0.25, -0.2) is 4.79 Å². The molecule has 3 heteroatoms.